The summed E-state index contributed by atoms with van der Waals surface area (Å²) < 4.78 is 5.71. The van der Waals surface area contributed by atoms with Crippen molar-refractivity contribution in [3.63, 3.8) is 0 Å². The number of para-hydroxylation sites is 1. The van der Waals surface area contributed by atoms with Crippen LogP contribution in [-0.2, 0) is 4.79 Å². The minimum Gasteiger partial charge on any atom is -0.480 e. The van der Waals surface area contributed by atoms with Gasteiger partial charge in [0.15, 0.2) is 6.23 Å². The van der Waals surface area contributed by atoms with Crippen molar-refractivity contribution in [2.24, 2.45) is 5.41 Å². The third kappa shape index (κ3) is 3.11. The highest BCUT2D eigenvalue weighted by molar-refractivity contribution is 5.77. The topological polar surface area (TPSA) is 58.6 Å². The molecule has 4 nitrogen and oxygen atoms in total. The van der Waals surface area contributed by atoms with Crippen LogP contribution >= 0.6 is 0 Å². The largest absolute Gasteiger partial charge is 0.480 e. The molecule has 2 unspecified atom stereocenters. The maximum atomic E-state index is 11.4. The van der Waals surface area contributed by atoms with Crippen LogP contribution in [0.25, 0.3) is 0 Å². The molecule has 0 amide bonds. The molecule has 98 valence electrons. The molecule has 1 rings (SSSR count). The van der Waals surface area contributed by atoms with E-state index in [1.807, 2.05) is 25.1 Å². The molecule has 0 bridgehead atoms. The maximum Gasteiger partial charge on any atom is 0.318 e. The molecule has 0 aliphatic rings. The van der Waals surface area contributed by atoms with E-state index in [1.165, 1.54) is 6.08 Å². The Morgan fingerprint density at radius 1 is 1.56 bits per heavy atom. The van der Waals surface area contributed by atoms with Gasteiger partial charge in [-0.15, -0.1) is 6.58 Å². The highest BCUT2D eigenvalue weighted by atomic mass is 16.5. The Morgan fingerprint density at radius 3 is 2.61 bits per heavy atom. The van der Waals surface area contributed by atoms with Crippen molar-refractivity contribution in [3.8, 4) is 5.75 Å². The minimum absolute atomic E-state index is 0.605. The normalized spacial score (nSPS) is 15.4. The average Bonchev–Trinajstić information content (AvgIpc) is 2.38. The lowest BCUT2D eigenvalue weighted by atomic mass is 9.88. The lowest BCUT2D eigenvalue weighted by Crippen LogP contribution is -2.50. The van der Waals surface area contributed by atoms with Gasteiger partial charge in [0.05, 0.1) is 0 Å². The van der Waals surface area contributed by atoms with Crippen LogP contribution in [0.3, 0.4) is 0 Å². The van der Waals surface area contributed by atoms with E-state index in [4.69, 9.17) is 4.74 Å². The SMILES string of the molecule is C=CC(C)(C(=O)O)C(NCC)Oc1ccccc1. The molecule has 0 aliphatic heterocycles. The fraction of sp³-hybridized carbons (Fsp3) is 0.357. The summed E-state index contributed by atoms with van der Waals surface area (Å²) in [5, 5.41) is 12.3. The van der Waals surface area contributed by atoms with Gasteiger partial charge < -0.3 is 9.84 Å². The van der Waals surface area contributed by atoms with Gasteiger partial charge in [-0.1, -0.05) is 31.2 Å². The fourth-order valence-corrected chi connectivity index (χ4v) is 1.50. The summed E-state index contributed by atoms with van der Waals surface area (Å²) >= 11 is 0. The summed E-state index contributed by atoms with van der Waals surface area (Å²) in [4.78, 5) is 11.4. The average molecular weight is 249 g/mol. The van der Waals surface area contributed by atoms with Gasteiger partial charge >= 0.3 is 5.97 Å². The Hall–Kier alpha value is -1.81. The van der Waals surface area contributed by atoms with Gasteiger partial charge in [0.25, 0.3) is 0 Å². The maximum absolute atomic E-state index is 11.4. The van der Waals surface area contributed by atoms with E-state index in [0.29, 0.717) is 12.3 Å². The zero-order chi connectivity index (χ0) is 13.6. The first kappa shape index (κ1) is 14.3. The van der Waals surface area contributed by atoms with E-state index in [1.54, 1.807) is 19.1 Å². The molecule has 2 N–H and O–H groups in total. The monoisotopic (exact) mass is 249 g/mol. The van der Waals surface area contributed by atoms with Crippen molar-refractivity contribution in [2.45, 2.75) is 20.1 Å². The number of nitrogens with one attached hydrogen (secondary N) is 1. The number of benzene rings is 1. The van der Waals surface area contributed by atoms with Gasteiger partial charge in [-0.05, 0) is 25.6 Å². The fourth-order valence-electron chi connectivity index (χ4n) is 1.50. The van der Waals surface area contributed by atoms with Gasteiger partial charge in [-0.2, -0.15) is 0 Å². The molecular formula is C14H19NO3. The second-order valence-electron chi connectivity index (χ2n) is 4.16. The number of aliphatic carboxylic acids is 1. The Morgan fingerprint density at radius 2 is 2.17 bits per heavy atom. The van der Waals surface area contributed by atoms with Crippen LogP contribution in [0.1, 0.15) is 13.8 Å². The molecule has 2 atom stereocenters. The van der Waals surface area contributed by atoms with Crippen LogP contribution in [0.2, 0.25) is 0 Å². The zero-order valence-electron chi connectivity index (χ0n) is 10.7. The molecule has 4 heteroatoms. The third-order valence-electron chi connectivity index (χ3n) is 2.82. The molecule has 0 radical (unpaired) electrons. The predicted molar refractivity (Wildman–Crippen MR) is 70.5 cm³/mol. The molecule has 1 aromatic carbocycles. The number of ether oxygens (including phenoxy) is 1. The molecule has 0 aromatic heterocycles. The van der Waals surface area contributed by atoms with Crippen molar-refractivity contribution in [2.75, 3.05) is 6.54 Å². The van der Waals surface area contributed by atoms with Crippen molar-refractivity contribution in [3.05, 3.63) is 43.0 Å². The van der Waals surface area contributed by atoms with Crippen molar-refractivity contribution in [1.29, 1.82) is 0 Å². The molecule has 18 heavy (non-hydrogen) atoms. The first-order chi connectivity index (χ1) is 8.54. The highest BCUT2D eigenvalue weighted by Gasteiger charge is 2.40. The highest BCUT2D eigenvalue weighted by Crippen LogP contribution is 2.26. The summed E-state index contributed by atoms with van der Waals surface area (Å²) in [5.74, 6) is -0.350. The first-order valence-electron chi connectivity index (χ1n) is 5.86. The Bertz CT molecular complexity index is 405. The van der Waals surface area contributed by atoms with Gasteiger partial charge in [0.2, 0.25) is 0 Å². The lowest BCUT2D eigenvalue weighted by Gasteiger charge is -2.31. The number of rotatable bonds is 7. The van der Waals surface area contributed by atoms with Crippen molar-refractivity contribution in [1.82, 2.24) is 5.32 Å². The van der Waals surface area contributed by atoms with Gasteiger partial charge in [0.1, 0.15) is 11.2 Å². The van der Waals surface area contributed by atoms with Gasteiger partial charge in [0, 0.05) is 0 Å². The van der Waals surface area contributed by atoms with Gasteiger partial charge in [-0.3, -0.25) is 10.1 Å². The van der Waals surface area contributed by atoms with E-state index in [9.17, 15) is 9.90 Å². The van der Waals surface area contributed by atoms with Crippen LogP contribution < -0.4 is 10.1 Å². The van der Waals surface area contributed by atoms with Crippen LogP contribution in [-0.4, -0.2) is 23.8 Å². The first-order valence-corrected chi connectivity index (χ1v) is 5.86. The molecule has 0 heterocycles. The quantitative estimate of drug-likeness (QED) is 0.575. The van der Waals surface area contributed by atoms with E-state index in [-0.39, 0.29) is 0 Å². The summed E-state index contributed by atoms with van der Waals surface area (Å²) in [7, 11) is 0. The Kier molecular flexibility index (Phi) is 4.92. The molecule has 0 aliphatic carbocycles. The van der Waals surface area contributed by atoms with Crippen LogP contribution in [0.5, 0.6) is 5.75 Å². The third-order valence-corrected chi connectivity index (χ3v) is 2.82. The van der Waals surface area contributed by atoms with E-state index >= 15 is 0 Å². The number of hydrogen-bond acceptors (Lipinski definition) is 3. The minimum atomic E-state index is -1.19. The predicted octanol–water partition coefficient (Wildman–Crippen LogP) is 2.28. The molecule has 1 aromatic rings. The second-order valence-corrected chi connectivity index (χ2v) is 4.16. The van der Waals surface area contributed by atoms with E-state index in [2.05, 4.69) is 11.9 Å². The van der Waals surface area contributed by atoms with Crippen LogP contribution in [0.4, 0.5) is 0 Å². The number of carboxylic acid groups (broad SMARTS) is 1. The number of carbonyl (C=O) groups is 1. The number of carboxylic acids is 1. The lowest BCUT2D eigenvalue weighted by molar-refractivity contribution is -0.150. The molecule has 0 saturated carbocycles. The number of hydrogen-bond donors (Lipinski definition) is 2. The van der Waals surface area contributed by atoms with Crippen molar-refractivity contribution < 1.29 is 14.6 Å². The summed E-state index contributed by atoms with van der Waals surface area (Å²) in [6, 6.07) is 9.12. The molecular weight excluding hydrogens is 230 g/mol. The zero-order valence-corrected chi connectivity index (χ0v) is 10.7. The standard InChI is InChI=1S/C14H19NO3/c1-4-14(3,13(16)17)12(15-5-2)18-11-9-7-6-8-10-11/h4,6-10,12,15H,1,5H2,2-3H3,(H,16,17). The molecule has 0 fully saturated rings. The second kappa shape index (κ2) is 6.21. The van der Waals surface area contributed by atoms with Crippen molar-refractivity contribution >= 4 is 5.97 Å². The van der Waals surface area contributed by atoms with E-state index in [0.717, 1.165) is 0 Å². The van der Waals surface area contributed by atoms with E-state index < -0.39 is 17.6 Å². The summed E-state index contributed by atoms with van der Waals surface area (Å²) in [5.41, 5.74) is -1.19. The van der Waals surface area contributed by atoms with Crippen LogP contribution in [0.15, 0.2) is 43.0 Å². The van der Waals surface area contributed by atoms with Gasteiger partial charge in [-0.25, -0.2) is 0 Å². The molecule has 0 saturated heterocycles. The Labute approximate surface area is 107 Å². The van der Waals surface area contributed by atoms with Crippen LogP contribution in [0, 0.1) is 5.41 Å². The molecule has 0 spiro atoms. The summed E-state index contributed by atoms with van der Waals surface area (Å²) in [6.07, 6.45) is 0.728. The smallest absolute Gasteiger partial charge is 0.318 e. The Balaban J connectivity index is 2.95. The summed E-state index contributed by atoms with van der Waals surface area (Å²) in [6.45, 7) is 7.68.